The Morgan fingerprint density at radius 3 is 2.12 bits per heavy atom. The van der Waals surface area contributed by atoms with Gasteiger partial charge in [-0.05, 0) is 24.3 Å². The van der Waals surface area contributed by atoms with Crippen molar-refractivity contribution in [2.45, 2.75) is 9.96 Å². The number of para-hydroxylation sites is 3. The molecule has 0 radical (unpaired) electrons. The van der Waals surface area contributed by atoms with Crippen molar-refractivity contribution in [1.29, 1.82) is 0 Å². The summed E-state index contributed by atoms with van der Waals surface area (Å²) in [6.07, 6.45) is -1.01. The zero-order valence-electron chi connectivity index (χ0n) is 13.6. The molecule has 0 aliphatic carbocycles. The van der Waals surface area contributed by atoms with Crippen LogP contribution in [0.25, 0.3) is 0 Å². The van der Waals surface area contributed by atoms with Gasteiger partial charge in [-0.3, -0.25) is 4.79 Å². The molecule has 2 rings (SSSR count). The smallest absolute Gasteiger partial charge is 0.256 e. The number of hydrogen-bond acceptors (Lipinski definition) is 4. The monoisotopic (exact) mass is 402 g/mol. The molecule has 0 saturated carbocycles. The number of carbonyl (C=O) groups excluding carboxylic acids is 1. The fraction of sp³-hybridized carbons (Fsp3) is 0.235. The van der Waals surface area contributed by atoms with Gasteiger partial charge in [0, 0.05) is 0 Å². The maximum atomic E-state index is 12.6. The summed E-state index contributed by atoms with van der Waals surface area (Å²) in [7, 11) is 3.00. The molecular weight excluding hydrogens is 387 g/mol. The van der Waals surface area contributed by atoms with E-state index >= 15 is 0 Å². The van der Waals surface area contributed by atoms with Crippen LogP contribution < -0.4 is 20.1 Å². The van der Waals surface area contributed by atoms with Crippen molar-refractivity contribution in [3.05, 3.63) is 54.1 Å². The third-order valence-electron chi connectivity index (χ3n) is 3.36. The predicted molar refractivity (Wildman–Crippen MR) is 101 cm³/mol. The largest absolute Gasteiger partial charge is 0.496 e. The first-order valence-corrected chi connectivity index (χ1v) is 8.40. The Kier molecular flexibility index (Phi) is 6.64. The van der Waals surface area contributed by atoms with Crippen LogP contribution in [-0.2, 0) is 0 Å². The highest BCUT2D eigenvalue weighted by Crippen LogP contribution is 2.33. The lowest BCUT2D eigenvalue weighted by Gasteiger charge is -2.28. The molecule has 0 heterocycles. The van der Waals surface area contributed by atoms with E-state index in [1.165, 1.54) is 14.2 Å². The summed E-state index contributed by atoms with van der Waals surface area (Å²) < 4.78 is 8.64. The second kappa shape index (κ2) is 8.52. The highest BCUT2D eigenvalue weighted by Gasteiger charge is 2.35. The van der Waals surface area contributed by atoms with Gasteiger partial charge >= 0.3 is 0 Å². The maximum absolute atomic E-state index is 12.6. The minimum atomic E-state index is -1.81. The van der Waals surface area contributed by atoms with Gasteiger partial charge in [0.2, 0.25) is 3.79 Å². The number of methoxy groups -OCH3 is 2. The van der Waals surface area contributed by atoms with Gasteiger partial charge in [-0.25, -0.2) is 0 Å². The Hall–Kier alpha value is -1.82. The Bertz CT molecular complexity index is 735. The molecule has 0 fully saturated rings. The van der Waals surface area contributed by atoms with E-state index in [0.717, 1.165) is 0 Å². The van der Waals surface area contributed by atoms with Crippen molar-refractivity contribution in [1.82, 2.24) is 5.32 Å². The van der Waals surface area contributed by atoms with Crippen molar-refractivity contribution < 1.29 is 14.3 Å². The summed E-state index contributed by atoms with van der Waals surface area (Å²) in [6.45, 7) is 0. The zero-order chi connectivity index (χ0) is 18.4. The van der Waals surface area contributed by atoms with Crippen LogP contribution in [-0.4, -0.2) is 30.1 Å². The van der Waals surface area contributed by atoms with Crippen LogP contribution in [0.5, 0.6) is 11.5 Å². The molecule has 0 aliphatic rings. The van der Waals surface area contributed by atoms with Gasteiger partial charge in [-0.2, -0.15) is 0 Å². The van der Waals surface area contributed by atoms with Gasteiger partial charge in [0.05, 0.1) is 25.5 Å². The molecule has 1 amide bonds. The molecule has 5 nitrogen and oxygen atoms in total. The number of halogens is 3. The third-order valence-corrected chi connectivity index (χ3v) is 4.02. The number of ether oxygens (including phenoxy) is 2. The number of carbonyl (C=O) groups is 1. The predicted octanol–water partition coefficient (Wildman–Crippen LogP) is 4.24. The summed E-state index contributed by atoms with van der Waals surface area (Å²) in [5.41, 5.74) is 0.896. The summed E-state index contributed by atoms with van der Waals surface area (Å²) >= 11 is 18.1. The topological polar surface area (TPSA) is 59.6 Å². The summed E-state index contributed by atoms with van der Waals surface area (Å²) in [5.74, 6) is 0.518. The van der Waals surface area contributed by atoms with E-state index in [9.17, 15) is 4.79 Å². The molecule has 0 bridgehead atoms. The summed E-state index contributed by atoms with van der Waals surface area (Å²) in [5, 5.41) is 5.65. The highest BCUT2D eigenvalue weighted by molar-refractivity contribution is 6.68. The molecule has 0 spiro atoms. The van der Waals surface area contributed by atoms with Crippen molar-refractivity contribution in [3.63, 3.8) is 0 Å². The van der Waals surface area contributed by atoms with Crippen molar-refractivity contribution in [2.75, 3.05) is 19.5 Å². The van der Waals surface area contributed by atoms with Gasteiger partial charge in [0.1, 0.15) is 17.7 Å². The summed E-state index contributed by atoms with van der Waals surface area (Å²) in [4.78, 5) is 12.6. The first-order chi connectivity index (χ1) is 11.9. The molecular formula is C17H17Cl3N2O3. The molecule has 25 heavy (non-hydrogen) atoms. The van der Waals surface area contributed by atoms with Gasteiger partial charge < -0.3 is 20.1 Å². The minimum Gasteiger partial charge on any atom is -0.496 e. The number of alkyl halides is 3. The van der Waals surface area contributed by atoms with Crippen molar-refractivity contribution in [2.24, 2.45) is 0 Å². The van der Waals surface area contributed by atoms with Crippen LogP contribution in [0.3, 0.4) is 0 Å². The normalized spacial score (nSPS) is 12.2. The molecule has 134 valence electrons. The van der Waals surface area contributed by atoms with E-state index in [1.807, 2.05) is 6.07 Å². The van der Waals surface area contributed by atoms with Crippen molar-refractivity contribution >= 4 is 46.4 Å². The average molecular weight is 404 g/mol. The fourth-order valence-corrected chi connectivity index (χ4v) is 2.49. The second-order valence-corrected chi connectivity index (χ2v) is 7.36. The Labute approximate surface area is 161 Å². The molecule has 2 N–H and O–H groups in total. The van der Waals surface area contributed by atoms with Crippen molar-refractivity contribution in [3.8, 4) is 11.5 Å². The number of benzene rings is 2. The van der Waals surface area contributed by atoms with E-state index in [0.29, 0.717) is 22.7 Å². The zero-order valence-corrected chi connectivity index (χ0v) is 15.8. The van der Waals surface area contributed by atoms with E-state index in [1.54, 1.807) is 42.5 Å². The molecule has 1 unspecified atom stereocenters. The summed E-state index contributed by atoms with van der Waals surface area (Å²) in [6, 6.07) is 13.9. The molecule has 2 aromatic carbocycles. The fourth-order valence-electron chi connectivity index (χ4n) is 2.16. The van der Waals surface area contributed by atoms with Gasteiger partial charge in [0.15, 0.2) is 0 Å². The molecule has 0 saturated heterocycles. The molecule has 2 aromatic rings. The molecule has 8 heteroatoms. The minimum absolute atomic E-state index is 0.325. The quantitative estimate of drug-likeness (QED) is 0.559. The second-order valence-electron chi connectivity index (χ2n) is 4.99. The van der Waals surface area contributed by atoms with Gasteiger partial charge in [0.25, 0.3) is 5.91 Å². The van der Waals surface area contributed by atoms with Crippen LogP contribution in [0.4, 0.5) is 5.69 Å². The lowest BCUT2D eigenvalue weighted by molar-refractivity contribution is 0.0938. The Morgan fingerprint density at radius 1 is 0.960 bits per heavy atom. The van der Waals surface area contributed by atoms with Crippen LogP contribution in [0.2, 0.25) is 0 Å². The Balaban J connectivity index is 2.25. The molecule has 0 aliphatic heterocycles. The molecule has 1 atom stereocenters. The van der Waals surface area contributed by atoms with Crippen LogP contribution in [0.1, 0.15) is 10.4 Å². The number of hydrogen-bond donors (Lipinski definition) is 2. The molecule has 0 aromatic heterocycles. The van der Waals surface area contributed by atoms with E-state index in [2.05, 4.69) is 10.6 Å². The van der Waals surface area contributed by atoms with E-state index in [4.69, 9.17) is 44.3 Å². The SMILES string of the molecule is COc1ccccc1NC(NC(=O)c1ccccc1OC)C(Cl)(Cl)Cl. The average Bonchev–Trinajstić information content (AvgIpc) is 2.60. The van der Waals surface area contributed by atoms with Gasteiger partial charge in [-0.1, -0.05) is 59.1 Å². The van der Waals surface area contributed by atoms with Crippen LogP contribution >= 0.6 is 34.8 Å². The standard InChI is InChI=1S/C17H17Cl3N2O3/c1-24-13-9-5-3-7-11(13)15(23)22-16(17(18,19)20)21-12-8-4-6-10-14(12)25-2/h3-10,16,21H,1-2H3,(H,22,23). The lowest BCUT2D eigenvalue weighted by Crippen LogP contribution is -2.49. The van der Waals surface area contributed by atoms with E-state index < -0.39 is 15.9 Å². The number of amides is 1. The van der Waals surface area contributed by atoms with Gasteiger partial charge in [-0.15, -0.1) is 0 Å². The number of nitrogens with one attached hydrogen (secondary N) is 2. The Morgan fingerprint density at radius 2 is 1.52 bits per heavy atom. The van der Waals surface area contributed by atoms with Crippen LogP contribution in [0.15, 0.2) is 48.5 Å². The number of rotatable bonds is 6. The van der Waals surface area contributed by atoms with Crippen LogP contribution in [0, 0.1) is 0 Å². The first kappa shape index (κ1) is 19.5. The maximum Gasteiger partial charge on any atom is 0.256 e. The number of anilines is 1. The first-order valence-electron chi connectivity index (χ1n) is 7.27. The lowest BCUT2D eigenvalue weighted by atomic mass is 10.2. The highest BCUT2D eigenvalue weighted by atomic mass is 35.6. The van der Waals surface area contributed by atoms with E-state index in [-0.39, 0.29) is 0 Å². The third kappa shape index (κ3) is 5.08.